The van der Waals surface area contributed by atoms with Gasteiger partial charge in [0.25, 0.3) is 5.91 Å². The topological polar surface area (TPSA) is 80.9 Å². The number of carbonyl (C=O) groups is 1. The summed E-state index contributed by atoms with van der Waals surface area (Å²) in [6.07, 6.45) is 2.75. The van der Waals surface area contributed by atoms with E-state index in [4.69, 9.17) is 5.73 Å². The van der Waals surface area contributed by atoms with Crippen molar-refractivity contribution in [1.82, 2.24) is 9.97 Å². The van der Waals surface area contributed by atoms with E-state index in [1.807, 2.05) is 18.2 Å². The number of anilines is 2. The number of rotatable bonds is 2. The number of amides is 1. The number of hydrogen-bond acceptors (Lipinski definition) is 4. The molecule has 0 fully saturated rings. The maximum absolute atomic E-state index is 11.8. The SMILES string of the molecule is Nc1cncc(C(=O)Nc2ccccc2Br)n1. The number of aromatic nitrogens is 2. The molecule has 0 bridgehead atoms. The van der Waals surface area contributed by atoms with Gasteiger partial charge >= 0.3 is 0 Å². The minimum Gasteiger partial charge on any atom is -0.382 e. The summed E-state index contributed by atoms with van der Waals surface area (Å²) in [5.74, 6) is -0.138. The molecular formula is C11H9BrN4O. The van der Waals surface area contributed by atoms with Crippen molar-refractivity contribution in [2.24, 2.45) is 0 Å². The average molecular weight is 293 g/mol. The third-order valence-corrected chi connectivity index (χ3v) is 2.70. The Morgan fingerprint density at radius 3 is 2.76 bits per heavy atom. The van der Waals surface area contributed by atoms with Crippen LogP contribution in [0.15, 0.2) is 41.1 Å². The number of hydrogen-bond donors (Lipinski definition) is 2. The molecule has 0 spiro atoms. The summed E-state index contributed by atoms with van der Waals surface area (Å²) in [6, 6.07) is 7.30. The predicted molar refractivity (Wildman–Crippen MR) is 68.5 cm³/mol. The Balaban J connectivity index is 2.20. The minimum atomic E-state index is -0.350. The molecule has 1 aromatic carbocycles. The third-order valence-electron chi connectivity index (χ3n) is 2.01. The predicted octanol–water partition coefficient (Wildman–Crippen LogP) is 2.07. The standard InChI is InChI=1S/C11H9BrN4O/c12-7-3-1-2-4-8(7)16-11(17)9-5-14-6-10(13)15-9/h1-6H,(H2,13,15)(H,16,17). The molecule has 5 nitrogen and oxygen atoms in total. The molecule has 1 aromatic heterocycles. The van der Waals surface area contributed by atoms with Crippen molar-refractivity contribution in [2.45, 2.75) is 0 Å². The quantitative estimate of drug-likeness (QED) is 0.888. The van der Waals surface area contributed by atoms with E-state index in [9.17, 15) is 4.79 Å². The van der Waals surface area contributed by atoms with Gasteiger partial charge in [-0.05, 0) is 28.1 Å². The molecule has 0 saturated heterocycles. The molecule has 0 aliphatic heterocycles. The van der Waals surface area contributed by atoms with Crippen molar-refractivity contribution >= 4 is 33.3 Å². The molecular weight excluding hydrogens is 284 g/mol. The van der Waals surface area contributed by atoms with Gasteiger partial charge in [-0.2, -0.15) is 0 Å². The van der Waals surface area contributed by atoms with Gasteiger partial charge in [-0.3, -0.25) is 9.78 Å². The molecule has 0 radical (unpaired) electrons. The number of para-hydroxylation sites is 1. The number of benzene rings is 1. The number of nitrogen functional groups attached to an aromatic ring is 1. The highest BCUT2D eigenvalue weighted by Crippen LogP contribution is 2.21. The van der Waals surface area contributed by atoms with Gasteiger partial charge in [0.05, 0.1) is 18.1 Å². The first-order chi connectivity index (χ1) is 8.16. The van der Waals surface area contributed by atoms with E-state index < -0.39 is 0 Å². The van der Waals surface area contributed by atoms with Crippen LogP contribution >= 0.6 is 15.9 Å². The highest BCUT2D eigenvalue weighted by Gasteiger charge is 2.09. The first kappa shape index (κ1) is 11.5. The van der Waals surface area contributed by atoms with E-state index in [2.05, 4.69) is 31.2 Å². The van der Waals surface area contributed by atoms with Gasteiger partial charge in [-0.15, -0.1) is 0 Å². The van der Waals surface area contributed by atoms with Crippen LogP contribution in [0, 0.1) is 0 Å². The second-order valence-corrected chi connectivity index (χ2v) is 4.12. The highest BCUT2D eigenvalue weighted by atomic mass is 79.9. The maximum Gasteiger partial charge on any atom is 0.275 e. The van der Waals surface area contributed by atoms with Crippen molar-refractivity contribution in [1.29, 1.82) is 0 Å². The summed E-state index contributed by atoms with van der Waals surface area (Å²) in [5, 5.41) is 2.71. The zero-order chi connectivity index (χ0) is 12.3. The summed E-state index contributed by atoms with van der Waals surface area (Å²) in [4.78, 5) is 19.5. The molecule has 86 valence electrons. The number of nitrogens with one attached hydrogen (secondary N) is 1. The molecule has 0 aliphatic carbocycles. The Bertz CT molecular complexity index is 559. The lowest BCUT2D eigenvalue weighted by molar-refractivity contribution is 0.102. The van der Waals surface area contributed by atoms with Gasteiger partial charge in [-0.1, -0.05) is 12.1 Å². The highest BCUT2D eigenvalue weighted by molar-refractivity contribution is 9.10. The van der Waals surface area contributed by atoms with Crippen molar-refractivity contribution in [3.05, 3.63) is 46.8 Å². The molecule has 6 heteroatoms. The fourth-order valence-electron chi connectivity index (χ4n) is 1.24. The van der Waals surface area contributed by atoms with Crippen molar-refractivity contribution < 1.29 is 4.79 Å². The monoisotopic (exact) mass is 292 g/mol. The third kappa shape index (κ3) is 2.79. The minimum absolute atomic E-state index is 0.181. The number of nitrogens with two attached hydrogens (primary N) is 1. The van der Waals surface area contributed by atoms with E-state index in [1.54, 1.807) is 6.07 Å². The van der Waals surface area contributed by atoms with Crippen LogP contribution in [0.3, 0.4) is 0 Å². The Kier molecular flexibility index (Phi) is 3.34. The summed E-state index contributed by atoms with van der Waals surface area (Å²) in [5.41, 5.74) is 6.31. The second kappa shape index (κ2) is 4.92. The molecule has 1 heterocycles. The maximum atomic E-state index is 11.8. The zero-order valence-corrected chi connectivity index (χ0v) is 10.3. The number of nitrogens with zero attached hydrogens (tertiary/aromatic N) is 2. The molecule has 0 aliphatic rings. The fraction of sp³-hybridized carbons (Fsp3) is 0. The van der Waals surface area contributed by atoms with Gasteiger partial charge < -0.3 is 11.1 Å². The Morgan fingerprint density at radius 2 is 2.06 bits per heavy atom. The smallest absolute Gasteiger partial charge is 0.275 e. The van der Waals surface area contributed by atoms with E-state index in [1.165, 1.54) is 12.4 Å². The Morgan fingerprint density at radius 1 is 1.29 bits per heavy atom. The van der Waals surface area contributed by atoms with E-state index in [0.717, 1.165) is 4.47 Å². The van der Waals surface area contributed by atoms with Crippen LogP contribution in [-0.4, -0.2) is 15.9 Å². The fourth-order valence-corrected chi connectivity index (χ4v) is 1.62. The Labute approximate surface area is 106 Å². The van der Waals surface area contributed by atoms with Gasteiger partial charge in [-0.25, -0.2) is 4.98 Å². The largest absolute Gasteiger partial charge is 0.382 e. The van der Waals surface area contributed by atoms with Crippen LogP contribution in [0.5, 0.6) is 0 Å². The first-order valence-corrected chi connectivity index (χ1v) is 5.59. The molecule has 1 amide bonds. The number of carbonyl (C=O) groups excluding carboxylic acids is 1. The summed E-state index contributed by atoms with van der Waals surface area (Å²) in [6.45, 7) is 0. The lowest BCUT2D eigenvalue weighted by Crippen LogP contribution is -2.15. The van der Waals surface area contributed by atoms with Gasteiger partial charge in [0.2, 0.25) is 0 Å². The van der Waals surface area contributed by atoms with Gasteiger partial charge in [0.15, 0.2) is 0 Å². The lowest BCUT2D eigenvalue weighted by atomic mass is 10.3. The van der Waals surface area contributed by atoms with Crippen LogP contribution in [0.2, 0.25) is 0 Å². The van der Waals surface area contributed by atoms with E-state index in [-0.39, 0.29) is 17.4 Å². The molecule has 3 N–H and O–H groups in total. The van der Waals surface area contributed by atoms with E-state index >= 15 is 0 Å². The van der Waals surface area contributed by atoms with E-state index in [0.29, 0.717) is 5.69 Å². The normalized spacial score (nSPS) is 9.94. The Hall–Kier alpha value is -1.95. The molecule has 0 unspecified atom stereocenters. The van der Waals surface area contributed by atoms with Crippen LogP contribution in [0.4, 0.5) is 11.5 Å². The first-order valence-electron chi connectivity index (χ1n) is 4.80. The zero-order valence-electron chi connectivity index (χ0n) is 8.72. The van der Waals surface area contributed by atoms with Crippen LogP contribution in [0.25, 0.3) is 0 Å². The lowest BCUT2D eigenvalue weighted by Gasteiger charge is -2.06. The summed E-state index contributed by atoms with van der Waals surface area (Å²) in [7, 11) is 0. The average Bonchev–Trinajstić information content (AvgIpc) is 2.32. The van der Waals surface area contributed by atoms with Crippen LogP contribution in [-0.2, 0) is 0 Å². The molecule has 2 aromatic rings. The van der Waals surface area contributed by atoms with Crippen molar-refractivity contribution in [3.8, 4) is 0 Å². The molecule has 17 heavy (non-hydrogen) atoms. The summed E-state index contributed by atoms with van der Waals surface area (Å²) >= 11 is 3.34. The molecule has 0 saturated carbocycles. The van der Waals surface area contributed by atoms with Gasteiger partial charge in [0.1, 0.15) is 11.5 Å². The molecule has 2 rings (SSSR count). The van der Waals surface area contributed by atoms with Crippen molar-refractivity contribution in [2.75, 3.05) is 11.1 Å². The summed E-state index contributed by atoms with van der Waals surface area (Å²) < 4.78 is 0.796. The second-order valence-electron chi connectivity index (χ2n) is 3.26. The van der Waals surface area contributed by atoms with Crippen LogP contribution < -0.4 is 11.1 Å². The van der Waals surface area contributed by atoms with Crippen molar-refractivity contribution in [3.63, 3.8) is 0 Å². The number of halogens is 1. The van der Waals surface area contributed by atoms with Gasteiger partial charge in [0, 0.05) is 4.47 Å². The van der Waals surface area contributed by atoms with Crippen LogP contribution in [0.1, 0.15) is 10.5 Å². The molecule has 0 atom stereocenters.